The van der Waals surface area contributed by atoms with Crippen molar-refractivity contribution in [1.29, 1.82) is 0 Å². The summed E-state index contributed by atoms with van der Waals surface area (Å²) in [6.45, 7) is 0. The van der Waals surface area contributed by atoms with Gasteiger partial charge in [-0.1, -0.05) is 6.08 Å². The van der Waals surface area contributed by atoms with E-state index in [1.807, 2.05) is 0 Å². The molecule has 8 heavy (non-hydrogen) atoms. The molecule has 1 amide bonds. The van der Waals surface area contributed by atoms with E-state index in [0.29, 0.717) is 6.42 Å². The van der Waals surface area contributed by atoms with Crippen LogP contribution < -0.4 is 11.1 Å². The van der Waals surface area contributed by atoms with E-state index in [1.165, 1.54) is 0 Å². The molecular formula is C5H8N2O. The molecule has 3 N–H and O–H groups in total. The molecule has 0 saturated carbocycles. The fourth-order valence-electron chi connectivity index (χ4n) is 0.606. The summed E-state index contributed by atoms with van der Waals surface area (Å²) >= 11 is 0. The predicted octanol–water partition coefficient (Wildman–Crippen LogP) is -0.653. The maximum Gasteiger partial charge on any atom is 0.225 e. The van der Waals surface area contributed by atoms with Crippen LogP contribution >= 0.6 is 0 Å². The second-order valence-corrected chi connectivity index (χ2v) is 1.79. The third-order valence-corrected chi connectivity index (χ3v) is 1.01. The molecule has 44 valence electrons. The van der Waals surface area contributed by atoms with Crippen LogP contribution in [0.3, 0.4) is 0 Å². The van der Waals surface area contributed by atoms with E-state index in [9.17, 15) is 4.79 Å². The van der Waals surface area contributed by atoms with Crippen LogP contribution in [0.4, 0.5) is 0 Å². The van der Waals surface area contributed by atoms with Gasteiger partial charge in [-0.05, 0) is 0 Å². The number of carbonyl (C=O) groups is 1. The number of hydrogen-bond acceptors (Lipinski definition) is 2. The van der Waals surface area contributed by atoms with Crippen LogP contribution in [0, 0.1) is 0 Å². The molecule has 3 heteroatoms. The van der Waals surface area contributed by atoms with Gasteiger partial charge < -0.3 is 11.1 Å². The Morgan fingerprint density at radius 1 is 1.88 bits per heavy atom. The minimum Gasteiger partial charge on any atom is -0.333 e. The highest BCUT2D eigenvalue weighted by Gasteiger charge is 2.08. The lowest BCUT2D eigenvalue weighted by Crippen LogP contribution is -2.32. The summed E-state index contributed by atoms with van der Waals surface area (Å²) in [6.07, 6.45) is 3.76. The van der Waals surface area contributed by atoms with Gasteiger partial charge in [0.1, 0.15) is 0 Å². The van der Waals surface area contributed by atoms with Crippen LogP contribution in [-0.2, 0) is 4.79 Å². The average Bonchev–Trinajstić information content (AvgIpc) is 1.64. The molecular weight excluding hydrogens is 104 g/mol. The maximum atomic E-state index is 10.4. The van der Waals surface area contributed by atoms with Crippen LogP contribution in [0.15, 0.2) is 12.3 Å². The first kappa shape index (κ1) is 5.31. The van der Waals surface area contributed by atoms with Crippen LogP contribution in [0.2, 0.25) is 0 Å². The second kappa shape index (κ2) is 1.96. The smallest absolute Gasteiger partial charge is 0.225 e. The highest BCUT2D eigenvalue weighted by Crippen LogP contribution is 1.94. The molecule has 3 nitrogen and oxygen atoms in total. The first-order valence-electron chi connectivity index (χ1n) is 2.50. The molecule has 1 heterocycles. The van der Waals surface area contributed by atoms with E-state index >= 15 is 0 Å². The molecule has 0 aromatic heterocycles. The standard InChI is InChI=1S/C5H8N2O/c6-4-1-2-7-5(8)3-4/h1-2,4H,3,6H2,(H,7,8)/t4-/m0/s1. The third kappa shape index (κ3) is 1.07. The van der Waals surface area contributed by atoms with E-state index in [0.717, 1.165) is 0 Å². The van der Waals surface area contributed by atoms with Gasteiger partial charge >= 0.3 is 0 Å². The topological polar surface area (TPSA) is 55.1 Å². The van der Waals surface area contributed by atoms with E-state index in [1.54, 1.807) is 12.3 Å². The van der Waals surface area contributed by atoms with Crippen LogP contribution in [0.1, 0.15) is 6.42 Å². The third-order valence-electron chi connectivity index (χ3n) is 1.01. The summed E-state index contributed by atoms with van der Waals surface area (Å²) < 4.78 is 0. The molecule has 0 spiro atoms. The van der Waals surface area contributed by atoms with Gasteiger partial charge in [0.2, 0.25) is 5.91 Å². The van der Waals surface area contributed by atoms with Gasteiger partial charge in [0.05, 0.1) is 0 Å². The Morgan fingerprint density at radius 3 is 3.00 bits per heavy atom. The Hall–Kier alpha value is -0.830. The van der Waals surface area contributed by atoms with Gasteiger partial charge in [-0.15, -0.1) is 0 Å². The van der Waals surface area contributed by atoms with Crippen molar-refractivity contribution in [2.45, 2.75) is 12.5 Å². The summed E-state index contributed by atoms with van der Waals surface area (Å²) in [7, 11) is 0. The fraction of sp³-hybridized carbons (Fsp3) is 0.400. The second-order valence-electron chi connectivity index (χ2n) is 1.79. The van der Waals surface area contributed by atoms with E-state index in [-0.39, 0.29) is 11.9 Å². The molecule has 0 saturated heterocycles. The lowest BCUT2D eigenvalue weighted by Gasteiger charge is -2.09. The Bertz CT molecular complexity index is 130. The first-order valence-corrected chi connectivity index (χ1v) is 2.50. The highest BCUT2D eigenvalue weighted by atomic mass is 16.1. The Kier molecular flexibility index (Phi) is 1.30. The largest absolute Gasteiger partial charge is 0.333 e. The van der Waals surface area contributed by atoms with Gasteiger partial charge in [0, 0.05) is 18.7 Å². The fourth-order valence-corrected chi connectivity index (χ4v) is 0.606. The quantitative estimate of drug-likeness (QED) is 0.437. The van der Waals surface area contributed by atoms with Crippen LogP contribution in [-0.4, -0.2) is 11.9 Å². The van der Waals surface area contributed by atoms with Crippen LogP contribution in [0.25, 0.3) is 0 Å². The van der Waals surface area contributed by atoms with Crippen molar-refractivity contribution in [3.63, 3.8) is 0 Å². The average molecular weight is 112 g/mol. The summed E-state index contributed by atoms with van der Waals surface area (Å²) in [4.78, 5) is 10.4. The van der Waals surface area contributed by atoms with Crippen molar-refractivity contribution in [3.05, 3.63) is 12.3 Å². The van der Waals surface area contributed by atoms with Crippen molar-refractivity contribution in [3.8, 4) is 0 Å². The van der Waals surface area contributed by atoms with Gasteiger partial charge in [0.15, 0.2) is 0 Å². The number of nitrogens with one attached hydrogen (secondary N) is 1. The van der Waals surface area contributed by atoms with Gasteiger partial charge in [-0.2, -0.15) is 0 Å². The zero-order valence-corrected chi connectivity index (χ0v) is 4.42. The van der Waals surface area contributed by atoms with Crippen molar-refractivity contribution in [1.82, 2.24) is 5.32 Å². The SMILES string of the molecule is N[C@H]1C=CNC(=O)C1. The summed E-state index contributed by atoms with van der Waals surface area (Å²) in [5.41, 5.74) is 5.38. The van der Waals surface area contributed by atoms with Crippen LogP contribution in [0.5, 0.6) is 0 Å². The monoisotopic (exact) mass is 112 g/mol. The molecule has 0 aliphatic carbocycles. The minimum absolute atomic E-state index is 0.000000000000000222. The molecule has 0 fully saturated rings. The molecule has 1 atom stereocenters. The number of nitrogens with two attached hydrogens (primary N) is 1. The lowest BCUT2D eigenvalue weighted by molar-refractivity contribution is -0.120. The van der Waals surface area contributed by atoms with Gasteiger partial charge in [-0.3, -0.25) is 4.79 Å². The van der Waals surface area contributed by atoms with Crippen molar-refractivity contribution >= 4 is 5.91 Å². The number of rotatable bonds is 0. The summed E-state index contributed by atoms with van der Waals surface area (Å²) in [6, 6.07) is -0.0799. The van der Waals surface area contributed by atoms with Gasteiger partial charge in [0.25, 0.3) is 0 Å². The predicted molar refractivity (Wildman–Crippen MR) is 29.9 cm³/mol. The van der Waals surface area contributed by atoms with Crippen molar-refractivity contribution in [2.24, 2.45) is 5.73 Å². The maximum absolute atomic E-state index is 10.4. The lowest BCUT2D eigenvalue weighted by atomic mass is 10.2. The molecule has 0 bridgehead atoms. The molecule has 0 unspecified atom stereocenters. The summed E-state index contributed by atoms with van der Waals surface area (Å²) in [5, 5.41) is 2.51. The highest BCUT2D eigenvalue weighted by molar-refractivity contribution is 5.78. The molecule has 1 aliphatic heterocycles. The zero-order valence-electron chi connectivity index (χ0n) is 4.42. The minimum atomic E-state index is -0.0799. The van der Waals surface area contributed by atoms with Crippen molar-refractivity contribution < 1.29 is 4.79 Å². The summed E-state index contributed by atoms with van der Waals surface area (Å²) in [5.74, 6) is 0.000000000000000222. The van der Waals surface area contributed by atoms with E-state index in [2.05, 4.69) is 5.32 Å². The zero-order chi connectivity index (χ0) is 5.98. The Morgan fingerprint density at radius 2 is 2.62 bits per heavy atom. The molecule has 0 aromatic rings. The Balaban J connectivity index is 2.54. The molecule has 0 aromatic carbocycles. The van der Waals surface area contributed by atoms with E-state index < -0.39 is 0 Å². The number of carbonyl (C=O) groups excluding carboxylic acids is 1. The number of hydrogen-bond donors (Lipinski definition) is 2. The number of amides is 1. The van der Waals surface area contributed by atoms with Crippen molar-refractivity contribution in [2.75, 3.05) is 0 Å². The Labute approximate surface area is 47.6 Å². The van der Waals surface area contributed by atoms with E-state index in [4.69, 9.17) is 5.73 Å². The van der Waals surface area contributed by atoms with Gasteiger partial charge in [-0.25, -0.2) is 0 Å². The molecule has 1 rings (SSSR count). The first-order chi connectivity index (χ1) is 3.79. The normalized spacial score (nSPS) is 27.6. The molecule has 0 radical (unpaired) electrons. The molecule has 1 aliphatic rings.